The van der Waals surface area contributed by atoms with Gasteiger partial charge < -0.3 is 10.2 Å². The molecule has 0 aromatic heterocycles. The van der Waals surface area contributed by atoms with E-state index < -0.39 is 0 Å². The first-order valence-electron chi connectivity index (χ1n) is 6.72. The van der Waals surface area contributed by atoms with Crippen LogP contribution in [0.4, 0.5) is 0 Å². The molecule has 1 amide bonds. The van der Waals surface area contributed by atoms with E-state index in [1.165, 1.54) is 12.8 Å². The molecule has 16 heavy (non-hydrogen) atoms. The summed E-state index contributed by atoms with van der Waals surface area (Å²) in [6.07, 6.45) is 3.57. The Kier molecular flexibility index (Phi) is 3.85. The number of amides is 1. The molecule has 2 aliphatic rings. The minimum atomic E-state index is 0.349. The van der Waals surface area contributed by atoms with Crippen LogP contribution < -0.4 is 5.32 Å². The van der Waals surface area contributed by atoms with E-state index in [1.54, 1.807) is 0 Å². The van der Waals surface area contributed by atoms with Crippen molar-refractivity contribution in [3.05, 3.63) is 0 Å². The fourth-order valence-electron chi connectivity index (χ4n) is 2.65. The van der Waals surface area contributed by atoms with Gasteiger partial charge in [-0.2, -0.15) is 0 Å². The monoisotopic (exact) mass is 224 g/mol. The number of hydrogen-bond donors (Lipinski definition) is 1. The standard InChI is InChI=1S/C13H24N2O/c1-3-15(13(16)12-8-10(12)2)9-11-4-6-14-7-5-11/h10-12,14H,3-9H2,1-2H3. The first-order valence-corrected chi connectivity index (χ1v) is 6.72. The Morgan fingerprint density at radius 1 is 1.38 bits per heavy atom. The van der Waals surface area contributed by atoms with Crippen molar-refractivity contribution in [3.8, 4) is 0 Å². The molecular formula is C13H24N2O. The molecule has 2 atom stereocenters. The summed E-state index contributed by atoms with van der Waals surface area (Å²) in [6, 6.07) is 0. The molecule has 1 saturated carbocycles. The first kappa shape index (κ1) is 11.9. The van der Waals surface area contributed by atoms with Crippen molar-refractivity contribution in [1.29, 1.82) is 0 Å². The van der Waals surface area contributed by atoms with Crippen LogP contribution >= 0.6 is 0 Å². The van der Waals surface area contributed by atoms with Crippen LogP contribution in [0.2, 0.25) is 0 Å². The van der Waals surface area contributed by atoms with Gasteiger partial charge in [0.25, 0.3) is 0 Å². The van der Waals surface area contributed by atoms with Gasteiger partial charge in [0.2, 0.25) is 5.91 Å². The minimum absolute atomic E-state index is 0.349. The second kappa shape index (κ2) is 5.17. The van der Waals surface area contributed by atoms with Crippen molar-refractivity contribution in [3.63, 3.8) is 0 Å². The van der Waals surface area contributed by atoms with Gasteiger partial charge in [-0.15, -0.1) is 0 Å². The van der Waals surface area contributed by atoms with Crippen LogP contribution in [-0.4, -0.2) is 37.0 Å². The number of carbonyl (C=O) groups is 1. The predicted octanol–water partition coefficient (Wildman–Crippen LogP) is 1.49. The highest BCUT2D eigenvalue weighted by Gasteiger charge is 2.41. The van der Waals surface area contributed by atoms with E-state index >= 15 is 0 Å². The van der Waals surface area contributed by atoms with E-state index in [-0.39, 0.29) is 0 Å². The van der Waals surface area contributed by atoms with Crippen molar-refractivity contribution in [1.82, 2.24) is 10.2 Å². The molecule has 0 bridgehead atoms. The van der Waals surface area contributed by atoms with E-state index in [0.717, 1.165) is 38.5 Å². The highest BCUT2D eigenvalue weighted by Crippen LogP contribution is 2.39. The largest absolute Gasteiger partial charge is 0.342 e. The summed E-state index contributed by atoms with van der Waals surface area (Å²) in [4.78, 5) is 14.2. The molecule has 0 aromatic carbocycles. The fraction of sp³-hybridized carbons (Fsp3) is 0.923. The van der Waals surface area contributed by atoms with Gasteiger partial charge in [0.05, 0.1) is 0 Å². The molecule has 0 spiro atoms. The third kappa shape index (κ3) is 2.76. The molecule has 2 unspecified atom stereocenters. The smallest absolute Gasteiger partial charge is 0.225 e. The Morgan fingerprint density at radius 2 is 2.00 bits per heavy atom. The lowest BCUT2D eigenvalue weighted by Crippen LogP contribution is -2.40. The van der Waals surface area contributed by atoms with Crippen LogP contribution in [0.1, 0.15) is 33.1 Å². The van der Waals surface area contributed by atoms with Crippen molar-refractivity contribution < 1.29 is 4.79 Å². The second-order valence-electron chi connectivity index (χ2n) is 5.39. The number of hydrogen-bond acceptors (Lipinski definition) is 2. The number of rotatable bonds is 4. The molecular weight excluding hydrogens is 200 g/mol. The lowest BCUT2D eigenvalue weighted by molar-refractivity contribution is -0.133. The van der Waals surface area contributed by atoms with Crippen LogP contribution in [0.25, 0.3) is 0 Å². The fourth-order valence-corrected chi connectivity index (χ4v) is 2.65. The van der Waals surface area contributed by atoms with Gasteiger partial charge in [-0.25, -0.2) is 0 Å². The predicted molar refractivity (Wildman–Crippen MR) is 65.1 cm³/mol. The molecule has 2 fully saturated rings. The number of piperidine rings is 1. The van der Waals surface area contributed by atoms with E-state index in [4.69, 9.17) is 0 Å². The summed E-state index contributed by atoms with van der Waals surface area (Å²) >= 11 is 0. The van der Waals surface area contributed by atoms with Crippen LogP contribution in [0.15, 0.2) is 0 Å². The maximum absolute atomic E-state index is 12.1. The molecule has 1 aliphatic carbocycles. The van der Waals surface area contributed by atoms with E-state index in [2.05, 4.69) is 24.1 Å². The van der Waals surface area contributed by atoms with E-state index in [0.29, 0.717) is 17.7 Å². The Labute approximate surface area is 98.6 Å². The van der Waals surface area contributed by atoms with Gasteiger partial charge in [0.1, 0.15) is 0 Å². The maximum atomic E-state index is 12.1. The van der Waals surface area contributed by atoms with Crippen LogP contribution in [-0.2, 0) is 4.79 Å². The summed E-state index contributed by atoms with van der Waals surface area (Å²) in [5.41, 5.74) is 0. The molecule has 2 rings (SSSR count). The quantitative estimate of drug-likeness (QED) is 0.784. The van der Waals surface area contributed by atoms with Gasteiger partial charge in [-0.1, -0.05) is 6.92 Å². The second-order valence-corrected chi connectivity index (χ2v) is 5.39. The van der Waals surface area contributed by atoms with Gasteiger partial charge in [0, 0.05) is 19.0 Å². The molecule has 1 N–H and O–H groups in total. The Hall–Kier alpha value is -0.570. The summed E-state index contributed by atoms with van der Waals surface area (Å²) in [6.45, 7) is 8.39. The molecule has 3 heteroatoms. The van der Waals surface area contributed by atoms with Crippen molar-refractivity contribution >= 4 is 5.91 Å². The Bertz CT molecular complexity index is 248. The average molecular weight is 224 g/mol. The highest BCUT2D eigenvalue weighted by atomic mass is 16.2. The summed E-state index contributed by atoms with van der Waals surface area (Å²) in [7, 11) is 0. The molecule has 0 radical (unpaired) electrons. The molecule has 92 valence electrons. The number of nitrogens with one attached hydrogen (secondary N) is 1. The third-order valence-electron chi connectivity index (χ3n) is 4.06. The lowest BCUT2D eigenvalue weighted by Gasteiger charge is -2.29. The number of carbonyl (C=O) groups excluding carboxylic acids is 1. The van der Waals surface area contributed by atoms with Gasteiger partial charge in [-0.3, -0.25) is 4.79 Å². The number of nitrogens with zero attached hydrogens (tertiary/aromatic N) is 1. The van der Waals surface area contributed by atoms with E-state index in [1.807, 2.05) is 0 Å². The Balaban J connectivity index is 1.82. The lowest BCUT2D eigenvalue weighted by atomic mass is 9.97. The summed E-state index contributed by atoms with van der Waals surface area (Å²) in [5, 5.41) is 3.37. The van der Waals surface area contributed by atoms with Crippen LogP contribution in [0.5, 0.6) is 0 Å². The van der Waals surface area contributed by atoms with Crippen LogP contribution in [0, 0.1) is 17.8 Å². The molecule has 1 saturated heterocycles. The van der Waals surface area contributed by atoms with E-state index in [9.17, 15) is 4.79 Å². The normalized spacial score (nSPS) is 30.1. The van der Waals surface area contributed by atoms with Gasteiger partial charge >= 0.3 is 0 Å². The van der Waals surface area contributed by atoms with Crippen LogP contribution in [0.3, 0.4) is 0 Å². The third-order valence-corrected chi connectivity index (χ3v) is 4.06. The van der Waals surface area contributed by atoms with Crippen molar-refractivity contribution in [2.24, 2.45) is 17.8 Å². The molecule has 1 heterocycles. The molecule has 0 aromatic rings. The zero-order valence-corrected chi connectivity index (χ0v) is 10.5. The van der Waals surface area contributed by atoms with Crippen molar-refractivity contribution in [2.75, 3.05) is 26.2 Å². The van der Waals surface area contributed by atoms with Gasteiger partial charge in [0.15, 0.2) is 0 Å². The SMILES string of the molecule is CCN(CC1CCNCC1)C(=O)C1CC1C. The summed E-state index contributed by atoms with van der Waals surface area (Å²) < 4.78 is 0. The molecule has 3 nitrogen and oxygen atoms in total. The molecule has 1 aliphatic heterocycles. The van der Waals surface area contributed by atoms with Gasteiger partial charge in [-0.05, 0) is 51.1 Å². The minimum Gasteiger partial charge on any atom is -0.342 e. The first-order chi connectivity index (χ1) is 7.72. The highest BCUT2D eigenvalue weighted by molar-refractivity contribution is 5.81. The summed E-state index contributed by atoms with van der Waals surface area (Å²) in [5.74, 6) is 2.11. The Morgan fingerprint density at radius 3 is 2.50 bits per heavy atom. The average Bonchev–Trinajstić information content (AvgIpc) is 3.04. The zero-order chi connectivity index (χ0) is 11.5. The topological polar surface area (TPSA) is 32.3 Å². The zero-order valence-electron chi connectivity index (χ0n) is 10.5. The van der Waals surface area contributed by atoms with Crippen molar-refractivity contribution in [2.45, 2.75) is 33.1 Å². The maximum Gasteiger partial charge on any atom is 0.225 e.